The highest BCUT2D eigenvalue weighted by Crippen LogP contribution is 2.35. The van der Waals surface area contributed by atoms with Gasteiger partial charge in [0.15, 0.2) is 11.5 Å². The van der Waals surface area contributed by atoms with E-state index in [4.69, 9.17) is 9.47 Å². The zero-order valence-corrected chi connectivity index (χ0v) is 14.6. The number of para-hydroxylation sites is 2. The minimum Gasteiger partial charge on any atom is -0.449 e. The number of carbonyl (C=O) groups excluding carboxylic acids is 1. The van der Waals surface area contributed by atoms with Gasteiger partial charge in [-0.3, -0.25) is 9.69 Å². The maximum absolute atomic E-state index is 13.1. The molecule has 1 saturated heterocycles. The first-order chi connectivity index (χ1) is 12.8. The van der Waals surface area contributed by atoms with Crippen molar-refractivity contribution in [2.45, 2.75) is 0 Å². The average molecular weight is 350 g/mol. The summed E-state index contributed by atoms with van der Waals surface area (Å²) in [4.78, 5) is 17.2. The SMILES string of the molecule is O=C1/C(=C/c2ccccc2)Oc2ccccc2N1CCN1CCOCC1. The molecule has 2 aliphatic heterocycles. The van der Waals surface area contributed by atoms with Gasteiger partial charge in [-0.2, -0.15) is 0 Å². The van der Waals surface area contributed by atoms with E-state index in [-0.39, 0.29) is 5.91 Å². The number of amides is 1. The average Bonchev–Trinajstić information content (AvgIpc) is 2.70. The fraction of sp³-hybridized carbons (Fsp3) is 0.286. The number of morpholine rings is 1. The van der Waals surface area contributed by atoms with E-state index >= 15 is 0 Å². The summed E-state index contributed by atoms with van der Waals surface area (Å²) in [7, 11) is 0. The van der Waals surface area contributed by atoms with Gasteiger partial charge in [-0.1, -0.05) is 42.5 Å². The highest BCUT2D eigenvalue weighted by Gasteiger charge is 2.30. The lowest BCUT2D eigenvalue weighted by molar-refractivity contribution is -0.117. The Hall–Kier alpha value is -2.63. The zero-order chi connectivity index (χ0) is 17.8. The maximum atomic E-state index is 13.1. The van der Waals surface area contributed by atoms with Crippen LogP contribution in [0, 0.1) is 0 Å². The van der Waals surface area contributed by atoms with Crippen LogP contribution < -0.4 is 9.64 Å². The molecular weight excluding hydrogens is 328 g/mol. The summed E-state index contributed by atoms with van der Waals surface area (Å²) in [5.74, 6) is 0.981. The molecular formula is C21H22N2O3. The number of ether oxygens (including phenoxy) is 2. The van der Waals surface area contributed by atoms with E-state index in [1.54, 1.807) is 6.08 Å². The molecule has 0 aromatic heterocycles. The summed E-state index contributed by atoms with van der Waals surface area (Å²) in [6.45, 7) is 4.78. The van der Waals surface area contributed by atoms with Crippen LogP contribution in [0.25, 0.3) is 6.08 Å². The zero-order valence-electron chi connectivity index (χ0n) is 14.6. The minimum absolute atomic E-state index is 0.0965. The topological polar surface area (TPSA) is 42.0 Å². The molecule has 0 spiro atoms. The molecule has 26 heavy (non-hydrogen) atoms. The number of hydrogen-bond acceptors (Lipinski definition) is 4. The fourth-order valence-corrected chi connectivity index (χ4v) is 3.25. The summed E-state index contributed by atoms with van der Waals surface area (Å²) >= 11 is 0. The van der Waals surface area contributed by atoms with Crippen molar-refractivity contribution in [2.24, 2.45) is 0 Å². The molecule has 0 atom stereocenters. The Balaban J connectivity index is 1.58. The molecule has 2 aromatic rings. The second-order valence-electron chi connectivity index (χ2n) is 6.40. The Morgan fingerprint density at radius 2 is 1.65 bits per heavy atom. The molecule has 1 fully saturated rings. The van der Waals surface area contributed by atoms with E-state index in [1.807, 2.05) is 59.5 Å². The van der Waals surface area contributed by atoms with Crippen molar-refractivity contribution in [3.63, 3.8) is 0 Å². The number of nitrogens with zero attached hydrogens (tertiary/aromatic N) is 2. The van der Waals surface area contributed by atoms with E-state index < -0.39 is 0 Å². The minimum atomic E-state index is -0.0965. The van der Waals surface area contributed by atoms with Crippen molar-refractivity contribution in [2.75, 3.05) is 44.3 Å². The highest BCUT2D eigenvalue weighted by molar-refractivity contribution is 6.09. The molecule has 4 rings (SSSR count). The van der Waals surface area contributed by atoms with Gasteiger partial charge in [-0.05, 0) is 23.8 Å². The Morgan fingerprint density at radius 1 is 0.923 bits per heavy atom. The second kappa shape index (κ2) is 7.72. The number of rotatable bonds is 4. The Labute approximate surface area is 153 Å². The third kappa shape index (κ3) is 3.64. The molecule has 0 aliphatic carbocycles. The molecule has 5 nitrogen and oxygen atoms in total. The van der Waals surface area contributed by atoms with E-state index in [0.29, 0.717) is 12.3 Å². The van der Waals surface area contributed by atoms with E-state index in [1.165, 1.54) is 0 Å². The van der Waals surface area contributed by atoms with Crippen molar-refractivity contribution < 1.29 is 14.3 Å². The van der Waals surface area contributed by atoms with Crippen LogP contribution in [0.1, 0.15) is 5.56 Å². The fourth-order valence-electron chi connectivity index (χ4n) is 3.25. The monoisotopic (exact) mass is 350 g/mol. The molecule has 2 heterocycles. The molecule has 2 aliphatic rings. The van der Waals surface area contributed by atoms with Crippen LogP contribution in [0.15, 0.2) is 60.4 Å². The van der Waals surface area contributed by atoms with Crippen LogP contribution >= 0.6 is 0 Å². The van der Waals surface area contributed by atoms with Gasteiger partial charge in [-0.25, -0.2) is 0 Å². The molecule has 0 radical (unpaired) electrons. The molecule has 0 saturated carbocycles. The van der Waals surface area contributed by atoms with Gasteiger partial charge in [0.1, 0.15) is 0 Å². The van der Waals surface area contributed by atoms with Crippen LogP contribution in [-0.2, 0) is 9.53 Å². The maximum Gasteiger partial charge on any atom is 0.294 e. The standard InChI is InChI=1S/C21H22N2O3/c24-21-20(16-17-6-2-1-3-7-17)26-19-9-5-4-8-18(19)23(21)11-10-22-12-14-25-15-13-22/h1-9,16H,10-15H2/b20-16-. The van der Waals surface area contributed by atoms with Gasteiger partial charge < -0.3 is 14.4 Å². The Bertz CT molecular complexity index is 798. The third-order valence-corrected chi connectivity index (χ3v) is 4.67. The molecule has 1 amide bonds. The predicted molar refractivity (Wildman–Crippen MR) is 101 cm³/mol. The number of carbonyl (C=O) groups is 1. The molecule has 0 N–H and O–H groups in total. The largest absolute Gasteiger partial charge is 0.449 e. The highest BCUT2D eigenvalue weighted by atomic mass is 16.5. The second-order valence-corrected chi connectivity index (χ2v) is 6.40. The van der Waals surface area contributed by atoms with Gasteiger partial charge in [-0.15, -0.1) is 0 Å². The van der Waals surface area contributed by atoms with E-state index in [9.17, 15) is 4.79 Å². The van der Waals surface area contributed by atoms with Crippen LogP contribution in [0.4, 0.5) is 5.69 Å². The van der Waals surface area contributed by atoms with Crippen molar-refractivity contribution in [1.82, 2.24) is 4.90 Å². The van der Waals surface area contributed by atoms with Crippen molar-refractivity contribution >= 4 is 17.7 Å². The smallest absolute Gasteiger partial charge is 0.294 e. The number of benzene rings is 2. The summed E-state index contributed by atoms with van der Waals surface area (Å²) in [6, 6.07) is 17.5. The number of hydrogen-bond donors (Lipinski definition) is 0. The van der Waals surface area contributed by atoms with Gasteiger partial charge in [0.25, 0.3) is 5.91 Å². The van der Waals surface area contributed by atoms with Gasteiger partial charge >= 0.3 is 0 Å². The van der Waals surface area contributed by atoms with E-state index in [0.717, 1.165) is 49.8 Å². The van der Waals surface area contributed by atoms with Gasteiger partial charge in [0.2, 0.25) is 0 Å². The van der Waals surface area contributed by atoms with Crippen LogP contribution in [0.3, 0.4) is 0 Å². The Kier molecular flexibility index (Phi) is 5.00. The molecule has 0 bridgehead atoms. The van der Waals surface area contributed by atoms with E-state index in [2.05, 4.69) is 4.90 Å². The normalized spacial score (nSPS) is 19.3. The molecule has 134 valence electrons. The third-order valence-electron chi connectivity index (χ3n) is 4.67. The summed E-state index contributed by atoms with van der Waals surface area (Å²) in [5.41, 5.74) is 1.78. The van der Waals surface area contributed by atoms with Gasteiger partial charge in [0.05, 0.1) is 18.9 Å². The first kappa shape index (κ1) is 16.8. The first-order valence-corrected chi connectivity index (χ1v) is 8.97. The molecule has 0 unspecified atom stereocenters. The number of fused-ring (bicyclic) bond motifs is 1. The quantitative estimate of drug-likeness (QED) is 0.795. The lowest BCUT2D eigenvalue weighted by Gasteiger charge is -2.33. The lowest BCUT2D eigenvalue weighted by atomic mass is 10.1. The summed E-state index contributed by atoms with van der Waals surface area (Å²) in [6.07, 6.45) is 1.81. The lowest BCUT2D eigenvalue weighted by Crippen LogP contribution is -2.45. The van der Waals surface area contributed by atoms with Gasteiger partial charge in [0, 0.05) is 26.2 Å². The van der Waals surface area contributed by atoms with Crippen molar-refractivity contribution in [3.8, 4) is 5.75 Å². The van der Waals surface area contributed by atoms with Crippen molar-refractivity contribution in [3.05, 3.63) is 65.9 Å². The summed E-state index contributed by atoms with van der Waals surface area (Å²) < 4.78 is 11.3. The number of anilines is 1. The molecule has 5 heteroatoms. The summed E-state index contributed by atoms with van der Waals surface area (Å²) in [5, 5.41) is 0. The molecule has 2 aromatic carbocycles. The first-order valence-electron chi connectivity index (χ1n) is 8.97. The van der Waals surface area contributed by atoms with Crippen LogP contribution in [-0.4, -0.2) is 50.2 Å². The Morgan fingerprint density at radius 3 is 2.46 bits per heavy atom. The predicted octanol–water partition coefficient (Wildman–Crippen LogP) is 2.79. The van der Waals surface area contributed by atoms with Crippen LogP contribution in [0.5, 0.6) is 5.75 Å². The van der Waals surface area contributed by atoms with Crippen molar-refractivity contribution in [1.29, 1.82) is 0 Å². The van der Waals surface area contributed by atoms with Crippen LogP contribution in [0.2, 0.25) is 0 Å².